The number of benzene rings is 1. The summed E-state index contributed by atoms with van der Waals surface area (Å²) in [6.45, 7) is 5.42. The first-order valence-electron chi connectivity index (χ1n) is 6.92. The number of nitrogens with one attached hydrogen (secondary N) is 1. The van der Waals surface area contributed by atoms with Crippen LogP contribution in [-0.2, 0) is 0 Å². The van der Waals surface area contributed by atoms with Crippen LogP contribution in [0.5, 0.6) is 0 Å². The Morgan fingerprint density at radius 3 is 2.67 bits per heavy atom. The first-order chi connectivity index (χ1) is 10.1. The molecule has 21 heavy (non-hydrogen) atoms. The Labute approximate surface area is 147 Å². The summed E-state index contributed by atoms with van der Waals surface area (Å²) >= 11 is 8.74. The third-order valence-corrected chi connectivity index (χ3v) is 5.49. The fourth-order valence-electron chi connectivity index (χ4n) is 1.88. The fourth-order valence-corrected chi connectivity index (χ4v) is 3.52. The molecule has 0 fully saturated rings. The van der Waals surface area contributed by atoms with Crippen molar-refractivity contribution < 1.29 is 0 Å². The maximum atomic E-state index is 4.40. The second-order valence-corrected chi connectivity index (χ2v) is 7.61. The molecule has 0 amide bonds. The first-order valence-corrected chi connectivity index (χ1v) is 9.32. The molecule has 0 bridgehead atoms. The van der Waals surface area contributed by atoms with Crippen molar-refractivity contribution in [1.82, 2.24) is 10.3 Å². The molecule has 1 N–H and O–H groups in total. The summed E-state index contributed by atoms with van der Waals surface area (Å²) in [6.07, 6.45) is 2.97. The van der Waals surface area contributed by atoms with Crippen LogP contribution in [0.1, 0.15) is 31.9 Å². The minimum absolute atomic E-state index is 0.367. The van der Waals surface area contributed by atoms with Crippen LogP contribution in [0.4, 0.5) is 0 Å². The van der Waals surface area contributed by atoms with Gasteiger partial charge in [-0.15, -0.1) is 0 Å². The lowest BCUT2D eigenvalue weighted by atomic mass is 10.1. The summed E-state index contributed by atoms with van der Waals surface area (Å²) in [5.74, 6) is 0. The summed E-state index contributed by atoms with van der Waals surface area (Å²) in [4.78, 5) is 5.57. The van der Waals surface area contributed by atoms with Gasteiger partial charge in [0.1, 0.15) is 5.03 Å². The summed E-state index contributed by atoms with van der Waals surface area (Å²) in [5, 5.41) is 4.50. The molecule has 1 aromatic heterocycles. The van der Waals surface area contributed by atoms with E-state index in [1.54, 1.807) is 11.8 Å². The third kappa shape index (κ3) is 5.09. The number of hydrogen-bond acceptors (Lipinski definition) is 3. The SMILES string of the molecule is CCCNC(C)c1ccc(Sc2ccc(Br)cn2)c(Br)c1. The largest absolute Gasteiger partial charge is 0.310 e. The lowest BCUT2D eigenvalue weighted by molar-refractivity contribution is 0.570. The van der Waals surface area contributed by atoms with E-state index in [0.717, 1.165) is 26.9 Å². The molecule has 0 saturated heterocycles. The monoisotopic (exact) mass is 428 g/mol. The zero-order chi connectivity index (χ0) is 15.2. The molecular weight excluding hydrogens is 412 g/mol. The van der Waals surface area contributed by atoms with Crippen molar-refractivity contribution in [3.63, 3.8) is 0 Å². The van der Waals surface area contributed by atoms with Gasteiger partial charge in [0.2, 0.25) is 0 Å². The molecule has 2 nitrogen and oxygen atoms in total. The highest BCUT2D eigenvalue weighted by Gasteiger charge is 2.09. The van der Waals surface area contributed by atoms with Gasteiger partial charge in [-0.3, -0.25) is 0 Å². The fraction of sp³-hybridized carbons (Fsp3) is 0.312. The van der Waals surface area contributed by atoms with E-state index >= 15 is 0 Å². The lowest BCUT2D eigenvalue weighted by Crippen LogP contribution is -2.19. The predicted molar refractivity (Wildman–Crippen MR) is 96.9 cm³/mol. The van der Waals surface area contributed by atoms with E-state index in [1.165, 1.54) is 10.5 Å². The van der Waals surface area contributed by atoms with Crippen molar-refractivity contribution in [3.8, 4) is 0 Å². The van der Waals surface area contributed by atoms with Crippen molar-refractivity contribution in [2.75, 3.05) is 6.54 Å². The average molecular weight is 430 g/mol. The standard InChI is InChI=1S/C16H18Br2N2S/c1-3-8-19-11(2)12-4-6-15(14(18)9-12)21-16-7-5-13(17)10-20-16/h4-7,9-11,19H,3,8H2,1-2H3. The molecule has 0 aliphatic rings. The van der Waals surface area contributed by atoms with Gasteiger partial charge in [0.05, 0.1) is 0 Å². The Hall–Kier alpha value is -0.360. The molecule has 0 aliphatic carbocycles. The average Bonchev–Trinajstić information content (AvgIpc) is 2.49. The first kappa shape index (κ1) is 17.0. The minimum Gasteiger partial charge on any atom is -0.310 e. The molecule has 112 valence electrons. The van der Waals surface area contributed by atoms with E-state index in [1.807, 2.05) is 18.3 Å². The van der Waals surface area contributed by atoms with E-state index in [2.05, 4.69) is 74.2 Å². The Morgan fingerprint density at radius 2 is 2.05 bits per heavy atom. The highest BCUT2D eigenvalue weighted by Crippen LogP contribution is 2.34. The number of hydrogen-bond donors (Lipinski definition) is 1. The summed E-state index contributed by atoms with van der Waals surface area (Å²) in [6, 6.07) is 10.9. The van der Waals surface area contributed by atoms with Gasteiger partial charge in [-0.1, -0.05) is 24.8 Å². The topological polar surface area (TPSA) is 24.9 Å². The van der Waals surface area contributed by atoms with Crippen LogP contribution in [0.2, 0.25) is 0 Å². The van der Waals surface area contributed by atoms with Crippen LogP contribution in [0.3, 0.4) is 0 Å². The van der Waals surface area contributed by atoms with Gasteiger partial charge >= 0.3 is 0 Å². The van der Waals surface area contributed by atoms with Gasteiger partial charge in [-0.05, 0) is 81.6 Å². The van der Waals surface area contributed by atoms with E-state index in [9.17, 15) is 0 Å². The number of nitrogens with zero attached hydrogens (tertiary/aromatic N) is 1. The molecule has 0 spiro atoms. The molecule has 2 aromatic rings. The van der Waals surface area contributed by atoms with Crippen LogP contribution in [0.15, 0.2) is 55.4 Å². The molecule has 0 saturated carbocycles. The molecule has 0 aliphatic heterocycles. The molecule has 1 unspecified atom stereocenters. The number of rotatable bonds is 6. The van der Waals surface area contributed by atoms with Crippen molar-refractivity contribution >= 4 is 43.6 Å². The van der Waals surface area contributed by atoms with Gasteiger partial charge in [-0.2, -0.15) is 0 Å². The Balaban J connectivity index is 2.10. The van der Waals surface area contributed by atoms with Crippen molar-refractivity contribution in [1.29, 1.82) is 0 Å². The number of aromatic nitrogens is 1. The Bertz CT molecular complexity index is 587. The molecule has 0 radical (unpaired) electrons. The Morgan fingerprint density at radius 1 is 1.24 bits per heavy atom. The molecule has 1 aromatic carbocycles. The maximum absolute atomic E-state index is 4.40. The predicted octanol–water partition coefficient (Wildman–Crippen LogP) is 5.82. The van der Waals surface area contributed by atoms with E-state index in [0.29, 0.717) is 6.04 Å². The van der Waals surface area contributed by atoms with Crippen LogP contribution in [-0.4, -0.2) is 11.5 Å². The van der Waals surface area contributed by atoms with Gasteiger partial charge < -0.3 is 5.32 Å². The van der Waals surface area contributed by atoms with Crippen LogP contribution in [0.25, 0.3) is 0 Å². The molecule has 1 heterocycles. The maximum Gasteiger partial charge on any atom is 0.101 e. The van der Waals surface area contributed by atoms with E-state index < -0.39 is 0 Å². The van der Waals surface area contributed by atoms with E-state index in [4.69, 9.17) is 0 Å². The number of pyridine rings is 1. The van der Waals surface area contributed by atoms with Crippen LogP contribution in [0, 0.1) is 0 Å². The van der Waals surface area contributed by atoms with Gasteiger partial charge in [0, 0.05) is 26.1 Å². The quantitative estimate of drug-likeness (QED) is 0.626. The molecular formula is C16H18Br2N2S. The van der Waals surface area contributed by atoms with Gasteiger partial charge in [0.25, 0.3) is 0 Å². The van der Waals surface area contributed by atoms with Crippen molar-refractivity contribution in [2.24, 2.45) is 0 Å². The number of halogens is 2. The highest BCUT2D eigenvalue weighted by atomic mass is 79.9. The highest BCUT2D eigenvalue weighted by molar-refractivity contribution is 9.10. The zero-order valence-corrected chi connectivity index (χ0v) is 16.1. The molecule has 5 heteroatoms. The molecule has 1 atom stereocenters. The lowest BCUT2D eigenvalue weighted by Gasteiger charge is -2.15. The summed E-state index contributed by atoms with van der Waals surface area (Å²) in [7, 11) is 0. The molecule has 2 rings (SSSR count). The summed E-state index contributed by atoms with van der Waals surface area (Å²) in [5.41, 5.74) is 1.29. The Kier molecular flexibility index (Phi) is 6.74. The normalized spacial score (nSPS) is 12.4. The van der Waals surface area contributed by atoms with Gasteiger partial charge in [-0.25, -0.2) is 4.98 Å². The minimum atomic E-state index is 0.367. The smallest absolute Gasteiger partial charge is 0.101 e. The van der Waals surface area contributed by atoms with Crippen molar-refractivity contribution in [3.05, 3.63) is 51.0 Å². The van der Waals surface area contributed by atoms with Crippen molar-refractivity contribution in [2.45, 2.75) is 36.2 Å². The van der Waals surface area contributed by atoms with Gasteiger partial charge in [0.15, 0.2) is 0 Å². The zero-order valence-electron chi connectivity index (χ0n) is 12.1. The van der Waals surface area contributed by atoms with E-state index in [-0.39, 0.29) is 0 Å². The van der Waals surface area contributed by atoms with Crippen LogP contribution >= 0.6 is 43.6 Å². The second-order valence-electron chi connectivity index (χ2n) is 4.78. The summed E-state index contributed by atoms with van der Waals surface area (Å²) < 4.78 is 2.11. The third-order valence-electron chi connectivity index (χ3n) is 3.07. The second kappa shape index (κ2) is 8.32. The van der Waals surface area contributed by atoms with Crippen LogP contribution < -0.4 is 5.32 Å².